The van der Waals surface area contributed by atoms with Gasteiger partial charge in [-0.2, -0.15) is 13.2 Å². The van der Waals surface area contributed by atoms with Crippen molar-refractivity contribution in [1.29, 1.82) is 0 Å². The van der Waals surface area contributed by atoms with Gasteiger partial charge in [0, 0.05) is 23.4 Å². The Bertz CT molecular complexity index is 877. The number of amides is 2. The van der Waals surface area contributed by atoms with E-state index in [9.17, 15) is 27.2 Å². The fraction of sp³-hybridized carbons (Fsp3) is 0.176. The van der Waals surface area contributed by atoms with Crippen LogP contribution in [0.3, 0.4) is 0 Å². The minimum Gasteiger partial charge on any atom is -0.366 e. The van der Waals surface area contributed by atoms with Crippen molar-refractivity contribution in [3.8, 4) is 0 Å². The number of rotatable bonds is 2. The van der Waals surface area contributed by atoms with Crippen molar-refractivity contribution < 1.29 is 27.2 Å². The average Bonchev–Trinajstić information content (AvgIpc) is 2.54. The third-order valence-electron chi connectivity index (χ3n) is 4.07. The van der Waals surface area contributed by atoms with Gasteiger partial charge >= 0.3 is 6.18 Å². The second-order valence-electron chi connectivity index (χ2n) is 5.56. The van der Waals surface area contributed by atoms with E-state index in [-0.39, 0.29) is 29.8 Å². The van der Waals surface area contributed by atoms with E-state index in [1.165, 1.54) is 18.2 Å². The molecule has 0 fully saturated rings. The van der Waals surface area contributed by atoms with Crippen LogP contribution in [0.4, 0.5) is 23.2 Å². The first-order valence-corrected chi connectivity index (χ1v) is 7.30. The van der Waals surface area contributed by atoms with Gasteiger partial charge in [-0.05, 0) is 42.3 Å². The van der Waals surface area contributed by atoms with Crippen LogP contribution in [-0.2, 0) is 12.6 Å². The van der Waals surface area contributed by atoms with Gasteiger partial charge in [-0.15, -0.1) is 0 Å². The summed E-state index contributed by atoms with van der Waals surface area (Å²) in [6, 6.07) is 6.85. The van der Waals surface area contributed by atoms with Gasteiger partial charge in [0.05, 0.1) is 5.56 Å². The van der Waals surface area contributed by atoms with E-state index in [0.717, 1.165) is 11.0 Å². The smallest absolute Gasteiger partial charge is 0.366 e. The highest BCUT2D eigenvalue weighted by atomic mass is 19.4. The van der Waals surface area contributed by atoms with Gasteiger partial charge in [0.25, 0.3) is 5.91 Å². The molecule has 130 valence electrons. The Balaban J connectivity index is 2.04. The highest BCUT2D eigenvalue weighted by Crippen LogP contribution is 2.35. The van der Waals surface area contributed by atoms with Crippen molar-refractivity contribution in [2.24, 2.45) is 5.73 Å². The molecule has 0 aromatic heterocycles. The molecule has 4 nitrogen and oxygen atoms in total. The number of anilines is 1. The summed E-state index contributed by atoms with van der Waals surface area (Å²) in [6.45, 7) is 0.0546. The number of benzene rings is 2. The number of fused-ring (bicyclic) bond motifs is 1. The summed E-state index contributed by atoms with van der Waals surface area (Å²) in [6.07, 6.45) is -4.62. The van der Waals surface area contributed by atoms with Crippen molar-refractivity contribution in [1.82, 2.24) is 0 Å². The number of hydrogen-bond donors (Lipinski definition) is 1. The molecule has 25 heavy (non-hydrogen) atoms. The molecule has 0 aliphatic carbocycles. The molecule has 0 saturated carbocycles. The van der Waals surface area contributed by atoms with E-state index in [2.05, 4.69) is 0 Å². The molecule has 1 aliphatic heterocycles. The van der Waals surface area contributed by atoms with Gasteiger partial charge in [0.15, 0.2) is 0 Å². The maximum absolute atomic E-state index is 13.4. The van der Waals surface area contributed by atoms with Crippen molar-refractivity contribution in [2.75, 3.05) is 11.4 Å². The third-order valence-corrected chi connectivity index (χ3v) is 4.07. The van der Waals surface area contributed by atoms with Crippen LogP contribution in [0.15, 0.2) is 36.4 Å². The lowest BCUT2D eigenvalue weighted by Crippen LogP contribution is -2.38. The number of alkyl halides is 3. The number of carbonyl (C=O) groups is 2. The fourth-order valence-corrected chi connectivity index (χ4v) is 2.90. The monoisotopic (exact) mass is 352 g/mol. The molecule has 2 N–H and O–H groups in total. The maximum Gasteiger partial charge on any atom is 0.419 e. The summed E-state index contributed by atoms with van der Waals surface area (Å²) in [5.74, 6) is -2.65. The molecular weight excluding hydrogens is 340 g/mol. The molecule has 0 bridgehead atoms. The summed E-state index contributed by atoms with van der Waals surface area (Å²) in [5.41, 5.74) is 4.66. The number of nitrogens with two attached hydrogens (primary N) is 1. The first kappa shape index (κ1) is 16.9. The summed E-state index contributed by atoms with van der Waals surface area (Å²) in [4.78, 5) is 25.2. The van der Waals surface area contributed by atoms with Gasteiger partial charge < -0.3 is 10.6 Å². The highest BCUT2D eigenvalue weighted by Gasteiger charge is 2.36. The van der Waals surface area contributed by atoms with Crippen LogP contribution < -0.4 is 10.6 Å². The van der Waals surface area contributed by atoms with Gasteiger partial charge in [0.2, 0.25) is 5.91 Å². The molecule has 0 saturated heterocycles. The molecule has 0 spiro atoms. The Morgan fingerprint density at radius 1 is 1.16 bits per heavy atom. The zero-order valence-corrected chi connectivity index (χ0v) is 12.7. The lowest BCUT2D eigenvalue weighted by Gasteiger charge is -2.30. The minimum absolute atomic E-state index is 0.0546. The molecule has 3 rings (SSSR count). The van der Waals surface area contributed by atoms with Gasteiger partial charge in [-0.3, -0.25) is 9.59 Å². The van der Waals surface area contributed by atoms with Crippen LogP contribution >= 0.6 is 0 Å². The molecule has 1 heterocycles. The first-order chi connectivity index (χ1) is 11.7. The van der Waals surface area contributed by atoms with Crippen LogP contribution in [0.1, 0.15) is 31.8 Å². The van der Waals surface area contributed by atoms with Gasteiger partial charge in [0.1, 0.15) is 5.82 Å². The molecule has 0 unspecified atom stereocenters. The lowest BCUT2D eigenvalue weighted by atomic mass is 9.93. The molecule has 1 aliphatic rings. The van der Waals surface area contributed by atoms with Gasteiger partial charge in [-0.25, -0.2) is 4.39 Å². The predicted octanol–water partition coefficient (Wildman–Crippen LogP) is 3.15. The van der Waals surface area contributed by atoms with Crippen LogP contribution in [0.2, 0.25) is 0 Å². The lowest BCUT2D eigenvalue weighted by molar-refractivity contribution is -0.139. The second kappa shape index (κ2) is 5.87. The zero-order valence-electron chi connectivity index (χ0n) is 12.7. The average molecular weight is 352 g/mol. The van der Waals surface area contributed by atoms with E-state index in [4.69, 9.17) is 5.73 Å². The molecule has 2 aromatic carbocycles. The number of primary amides is 1. The van der Waals surface area contributed by atoms with Crippen LogP contribution in [0.5, 0.6) is 0 Å². The highest BCUT2D eigenvalue weighted by molar-refractivity contribution is 6.10. The summed E-state index contributed by atoms with van der Waals surface area (Å²) < 4.78 is 52.1. The number of hydrogen-bond acceptors (Lipinski definition) is 2. The predicted molar refractivity (Wildman–Crippen MR) is 81.7 cm³/mol. The number of halogens is 4. The zero-order chi connectivity index (χ0) is 18.4. The topological polar surface area (TPSA) is 63.4 Å². The standard InChI is InChI=1S/C17H12F4N2O2/c18-14-5-4-9(8-13(14)17(19,20)21)23-7-6-10-11(15(22)24)2-1-3-12(10)16(23)25/h1-5,8H,6-7H2,(H2,22,24). The minimum atomic E-state index is -4.87. The fourth-order valence-electron chi connectivity index (χ4n) is 2.90. The van der Waals surface area contributed by atoms with E-state index >= 15 is 0 Å². The Morgan fingerprint density at radius 2 is 1.88 bits per heavy atom. The maximum atomic E-state index is 13.4. The Kier molecular flexibility index (Phi) is 3.98. The van der Waals surface area contributed by atoms with E-state index in [1.54, 1.807) is 0 Å². The van der Waals surface area contributed by atoms with E-state index < -0.39 is 29.4 Å². The summed E-state index contributed by atoms with van der Waals surface area (Å²) in [7, 11) is 0. The number of nitrogens with zero attached hydrogens (tertiary/aromatic N) is 1. The van der Waals surface area contributed by atoms with Crippen molar-refractivity contribution in [2.45, 2.75) is 12.6 Å². The number of carbonyl (C=O) groups excluding carboxylic acids is 2. The molecule has 2 amide bonds. The Labute approximate surface area is 139 Å². The Morgan fingerprint density at radius 3 is 2.52 bits per heavy atom. The summed E-state index contributed by atoms with van der Waals surface area (Å²) in [5, 5.41) is 0. The summed E-state index contributed by atoms with van der Waals surface area (Å²) >= 11 is 0. The largest absolute Gasteiger partial charge is 0.419 e. The molecular formula is C17H12F4N2O2. The van der Waals surface area contributed by atoms with Crippen LogP contribution in [-0.4, -0.2) is 18.4 Å². The quantitative estimate of drug-likeness (QED) is 0.844. The van der Waals surface area contributed by atoms with E-state index in [0.29, 0.717) is 17.7 Å². The SMILES string of the molecule is NC(=O)c1cccc2c1CCN(c1ccc(F)c(C(F)(F)F)c1)C2=O. The Hall–Kier alpha value is -2.90. The van der Waals surface area contributed by atoms with Crippen molar-refractivity contribution in [3.63, 3.8) is 0 Å². The normalized spacial score (nSPS) is 14.4. The second-order valence-corrected chi connectivity index (χ2v) is 5.56. The molecule has 8 heteroatoms. The van der Waals surface area contributed by atoms with E-state index in [1.807, 2.05) is 0 Å². The van der Waals surface area contributed by atoms with Crippen LogP contribution in [0, 0.1) is 5.82 Å². The molecule has 0 radical (unpaired) electrons. The molecule has 0 atom stereocenters. The van der Waals surface area contributed by atoms with Crippen molar-refractivity contribution >= 4 is 17.5 Å². The molecule has 2 aromatic rings. The van der Waals surface area contributed by atoms with Crippen molar-refractivity contribution in [3.05, 3.63) is 64.5 Å². The van der Waals surface area contributed by atoms with Gasteiger partial charge in [-0.1, -0.05) is 6.07 Å². The first-order valence-electron chi connectivity index (χ1n) is 7.30. The third kappa shape index (κ3) is 2.95. The van der Waals surface area contributed by atoms with Crippen LogP contribution in [0.25, 0.3) is 0 Å².